The molecule has 3 aromatic rings. The summed E-state index contributed by atoms with van der Waals surface area (Å²) in [7, 11) is 0. The molecule has 0 unspecified atom stereocenters. The number of benzene rings is 2. The summed E-state index contributed by atoms with van der Waals surface area (Å²) in [6, 6.07) is 12.2. The molecular formula is C21H16N2O7. The zero-order valence-electron chi connectivity index (χ0n) is 15.8. The van der Waals surface area contributed by atoms with E-state index in [-0.39, 0.29) is 35.1 Å². The maximum absolute atomic E-state index is 12.9. The molecule has 0 saturated heterocycles. The first-order chi connectivity index (χ1) is 14.4. The van der Waals surface area contributed by atoms with E-state index in [1.54, 1.807) is 31.2 Å². The molecule has 1 atom stereocenters. The third-order valence-corrected chi connectivity index (χ3v) is 4.79. The number of hydrogen-bond donors (Lipinski definition) is 1. The van der Waals surface area contributed by atoms with E-state index in [0.717, 1.165) is 0 Å². The van der Waals surface area contributed by atoms with Crippen molar-refractivity contribution < 1.29 is 23.6 Å². The van der Waals surface area contributed by atoms with Crippen LogP contribution in [0, 0.1) is 10.1 Å². The van der Waals surface area contributed by atoms with Crippen molar-refractivity contribution in [1.29, 1.82) is 0 Å². The molecule has 2 aromatic carbocycles. The predicted molar refractivity (Wildman–Crippen MR) is 106 cm³/mol. The van der Waals surface area contributed by atoms with Gasteiger partial charge in [-0.3, -0.25) is 10.1 Å². The molecule has 0 fully saturated rings. The Morgan fingerprint density at radius 1 is 1.20 bits per heavy atom. The summed E-state index contributed by atoms with van der Waals surface area (Å²) in [5, 5.41) is 11.5. The molecule has 2 N–H and O–H groups in total. The minimum Gasteiger partial charge on any atom is -0.462 e. The number of esters is 1. The van der Waals surface area contributed by atoms with Gasteiger partial charge in [-0.15, -0.1) is 0 Å². The number of para-hydroxylation sites is 1. The fourth-order valence-corrected chi connectivity index (χ4v) is 3.50. The van der Waals surface area contributed by atoms with Crippen molar-refractivity contribution in [3.8, 4) is 5.75 Å². The Morgan fingerprint density at radius 3 is 2.57 bits per heavy atom. The molecule has 1 aliphatic rings. The Labute approximate surface area is 169 Å². The molecule has 1 aromatic heterocycles. The Balaban J connectivity index is 2.00. The van der Waals surface area contributed by atoms with Gasteiger partial charge in [-0.2, -0.15) is 0 Å². The van der Waals surface area contributed by atoms with Gasteiger partial charge in [-0.05, 0) is 24.6 Å². The van der Waals surface area contributed by atoms with Crippen LogP contribution in [0.25, 0.3) is 11.0 Å². The van der Waals surface area contributed by atoms with Crippen LogP contribution < -0.4 is 16.1 Å². The standard InChI is InChI=1S/C21H16N2O7/c1-2-28-20(24)17-15(11-7-9-12(10-8-11)23(26)27)16-18(30-19(17)22)13-5-3-4-6-14(13)29-21(16)25/h3-10,15H,2,22H2,1H3/t15-/m1/s1. The minimum absolute atomic E-state index is 0.0687. The molecule has 152 valence electrons. The zero-order chi connectivity index (χ0) is 21.4. The van der Waals surface area contributed by atoms with E-state index < -0.39 is 22.4 Å². The number of nitrogens with zero attached hydrogens (tertiary/aromatic N) is 1. The summed E-state index contributed by atoms with van der Waals surface area (Å²) in [5.74, 6) is -1.76. The second kappa shape index (κ2) is 7.36. The molecule has 4 rings (SSSR count). The van der Waals surface area contributed by atoms with Gasteiger partial charge >= 0.3 is 11.6 Å². The van der Waals surface area contributed by atoms with Crippen LogP contribution in [-0.2, 0) is 9.53 Å². The summed E-state index contributed by atoms with van der Waals surface area (Å²) in [4.78, 5) is 36.0. The van der Waals surface area contributed by atoms with E-state index >= 15 is 0 Å². The molecule has 0 radical (unpaired) electrons. The Hall–Kier alpha value is -4.14. The summed E-state index contributed by atoms with van der Waals surface area (Å²) >= 11 is 0. The van der Waals surface area contributed by atoms with Crippen molar-refractivity contribution in [3.05, 3.63) is 91.6 Å². The Kier molecular flexibility index (Phi) is 4.71. The fraction of sp³-hybridized carbons (Fsp3) is 0.143. The largest absolute Gasteiger partial charge is 0.462 e. The predicted octanol–water partition coefficient (Wildman–Crippen LogP) is 2.96. The van der Waals surface area contributed by atoms with Crippen LogP contribution in [0.1, 0.15) is 24.0 Å². The monoisotopic (exact) mass is 408 g/mol. The molecule has 0 bridgehead atoms. The second-order valence-corrected chi connectivity index (χ2v) is 6.51. The van der Waals surface area contributed by atoms with Gasteiger partial charge in [-0.25, -0.2) is 9.59 Å². The maximum Gasteiger partial charge on any atom is 0.344 e. The third kappa shape index (κ3) is 3.06. The lowest BCUT2D eigenvalue weighted by molar-refractivity contribution is -0.384. The number of nitro benzene ring substituents is 1. The number of nitrogens with two attached hydrogens (primary N) is 1. The smallest absolute Gasteiger partial charge is 0.344 e. The lowest BCUT2D eigenvalue weighted by atomic mass is 9.83. The van der Waals surface area contributed by atoms with Crippen LogP contribution in [0.2, 0.25) is 0 Å². The number of carbonyl (C=O) groups is 1. The Morgan fingerprint density at radius 2 is 1.90 bits per heavy atom. The van der Waals surface area contributed by atoms with Crippen LogP contribution >= 0.6 is 0 Å². The third-order valence-electron chi connectivity index (χ3n) is 4.79. The van der Waals surface area contributed by atoms with Gasteiger partial charge in [-0.1, -0.05) is 24.3 Å². The first kappa shape index (κ1) is 19.2. The van der Waals surface area contributed by atoms with Gasteiger partial charge < -0.3 is 19.6 Å². The number of non-ortho nitro benzene ring substituents is 1. The van der Waals surface area contributed by atoms with Gasteiger partial charge in [0.1, 0.15) is 11.2 Å². The number of carbonyl (C=O) groups excluding carboxylic acids is 1. The molecular weight excluding hydrogens is 392 g/mol. The average Bonchev–Trinajstić information content (AvgIpc) is 2.73. The van der Waals surface area contributed by atoms with E-state index in [2.05, 4.69) is 0 Å². The molecule has 0 amide bonds. The molecule has 1 aliphatic heterocycles. The van der Waals surface area contributed by atoms with Crippen molar-refractivity contribution in [1.82, 2.24) is 0 Å². The molecule has 9 heteroatoms. The summed E-state index contributed by atoms with van der Waals surface area (Å²) < 4.78 is 16.3. The van der Waals surface area contributed by atoms with Crippen molar-refractivity contribution in [2.75, 3.05) is 6.61 Å². The molecule has 2 heterocycles. The van der Waals surface area contributed by atoms with Crippen LogP contribution in [0.5, 0.6) is 5.75 Å². The summed E-state index contributed by atoms with van der Waals surface area (Å²) in [6.07, 6.45) is 0. The lowest BCUT2D eigenvalue weighted by Crippen LogP contribution is -2.31. The maximum atomic E-state index is 12.9. The second-order valence-electron chi connectivity index (χ2n) is 6.51. The van der Waals surface area contributed by atoms with E-state index in [1.807, 2.05) is 0 Å². The SMILES string of the molecule is CCOC(=O)C1=C(N)Oc2c(c(=O)oc3ccccc23)[C@H]1c1ccc([N+](=O)[O-])cc1. The summed E-state index contributed by atoms with van der Waals surface area (Å²) in [5.41, 5.74) is 5.98. The first-order valence-corrected chi connectivity index (χ1v) is 9.07. The van der Waals surface area contributed by atoms with Crippen molar-refractivity contribution in [2.24, 2.45) is 5.73 Å². The number of nitro groups is 1. The number of fused-ring (bicyclic) bond motifs is 3. The normalized spacial score (nSPS) is 15.4. The van der Waals surface area contributed by atoms with Gasteiger partial charge in [0, 0.05) is 12.1 Å². The van der Waals surface area contributed by atoms with Gasteiger partial charge in [0.2, 0.25) is 5.88 Å². The van der Waals surface area contributed by atoms with Crippen molar-refractivity contribution >= 4 is 22.6 Å². The van der Waals surface area contributed by atoms with Crippen LogP contribution in [0.4, 0.5) is 5.69 Å². The van der Waals surface area contributed by atoms with E-state index in [4.69, 9.17) is 19.6 Å². The molecule has 0 spiro atoms. The minimum atomic E-state index is -0.977. The topological polar surface area (TPSA) is 135 Å². The highest BCUT2D eigenvalue weighted by molar-refractivity contribution is 5.94. The highest BCUT2D eigenvalue weighted by Crippen LogP contribution is 2.44. The van der Waals surface area contributed by atoms with Gasteiger partial charge in [0.05, 0.1) is 28.4 Å². The van der Waals surface area contributed by atoms with Crippen LogP contribution in [0.3, 0.4) is 0 Å². The van der Waals surface area contributed by atoms with Crippen LogP contribution in [-0.4, -0.2) is 17.5 Å². The van der Waals surface area contributed by atoms with E-state index in [0.29, 0.717) is 16.5 Å². The molecule has 0 saturated carbocycles. The highest BCUT2D eigenvalue weighted by Gasteiger charge is 2.39. The number of rotatable bonds is 4. The van der Waals surface area contributed by atoms with Gasteiger partial charge in [0.15, 0.2) is 5.75 Å². The molecule has 9 nitrogen and oxygen atoms in total. The summed E-state index contributed by atoms with van der Waals surface area (Å²) in [6.45, 7) is 1.72. The molecule has 0 aliphatic carbocycles. The van der Waals surface area contributed by atoms with E-state index in [1.165, 1.54) is 24.3 Å². The van der Waals surface area contributed by atoms with Gasteiger partial charge in [0.25, 0.3) is 5.69 Å². The number of ether oxygens (including phenoxy) is 2. The lowest BCUT2D eigenvalue weighted by Gasteiger charge is -2.27. The number of hydrogen-bond acceptors (Lipinski definition) is 8. The highest BCUT2D eigenvalue weighted by atomic mass is 16.6. The average molecular weight is 408 g/mol. The quantitative estimate of drug-likeness (QED) is 0.301. The fourth-order valence-electron chi connectivity index (χ4n) is 3.50. The van der Waals surface area contributed by atoms with Crippen molar-refractivity contribution in [2.45, 2.75) is 12.8 Å². The Bertz CT molecular complexity index is 1260. The molecule has 30 heavy (non-hydrogen) atoms. The van der Waals surface area contributed by atoms with Crippen LogP contribution in [0.15, 0.2) is 69.2 Å². The first-order valence-electron chi connectivity index (χ1n) is 9.07. The van der Waals surface area contributed by atoms with Crippen molar-refractivity contribution in [3.63, 3.8) is 0 Å². The van der Waals surface area contributed by atoms with E-state index in [9.17, 15) is 19.7 Å². The zero-order valence-corrected chi connectivity index (χ0v) is 15.8.